The predicted molar refractivity (Wildman–Crippen MR) is 69.0 cm³/mol. The normalized spacial score (nSPS) is 10.4. The van der Waals surface area contributed by atoms with Crippen molar-refractivity contribution in [3.63, 3.8) is 0 Å². The Morgan fingerprint density at radius 1 is 1.39 bits per heavy atom. The maximum absolute atomic E-state index is 12.9. The van der Waals surface area contributed by atoms with Crippen molar-refractivity contribution < 1.29 is 13.9 Å². The summed E-state index contributed by atoms with van der Waals surface area (Å²) < 4.78 is 17.7. The number of esters is 1. The van der Waals surface area contributed by atoms with Gasteiger partial charge in [-0.15, -0.1) is 0 Å². The van der Waals surface area contributed by atoms with Crippen LogP contribution < -0.4 is 5.32 Å². The Morgan fingerprint density at radius 3 is 2.83 bits per heavy atom. The highest BCUT2D eigenvalue weighted by Crippen LogP contribution is 2.10. The van der Waals surface area contributed by atoms with Gasteiger partial charge in [-0.3, -0.25) is 4.79 Å². The van der Waals surface area contributed by atoms with Crippen LogP contribution in [0.3, 0.4) is 0 Å². The third kappa shape index (κ3) is 5.27. The number of ether oxygens (including phenoxy) is 1. The first-order chi connectivity index (χ1) is 8.63. The largest absolute Gasteiger partial charge is 0.466 e. The fourth-order valence-electron chi connectivity index (χ4n) is 1.71. The van der Waals surface area contributed by atoms with Crippen molar-refractivity contribution >= 4 is 5.97 Å². The maximum Gasteiger partial charge on any atom is 0.307 e. The summed E-state index contributed by atoms with van der Waals surface area (Å²) in [6, 6.07) is 4.81. The van der Waals surface area contributed by atoms with Gasteiger partial charge in [-0.25, -0.2) is 4.39 Å². The van der Waals surface area contributed by atoms with Gasteiger partial charge in [0, 0.05) is 6.54 Å². The molecule has 0 unspecified atom stereocenters. The number of nitrogens with one attached hydrogen (secondary N) is 1. The van der Waals surface area contributed by atoms with Gasteiger partial charge >= 0.3 is 5.97 Å². The van der Waals surface area contributed by atoms with Gasteiger partial charge in [0.1, 0.15) is 5.82 Å². The van der Waals surface area contributed by atoms with Crippen LogP contribution in [0.15, 0.2) is 18.2 Å². The van der Waals surface area contributed by atoms with Gasteiger partial charge in [-0.2, -0.15) is 0 Å². The molecule has 0 aliphatic heterocycles. The maximum atomic E-state index is 12.9. The molecular weight excluding hydrogens is 233 g/mol. The molecule has 0 fully saturated rings. The summed E-state index contributed by atoms with van der Waals surface area (Å²) in [5.41, 5.74) is 2.09. The smallest absolute Gasteiger partial charge is 0.307 e. The molecular formula is C14H20FNO2. The minimum absolute atomic E-state index is 0.178. The first-order valence-electron chi connectivity index (χ1n) is 6.25. The number of aryl methyl sites for hydroxylation is 1. The zero-order valence-corrected chi connectivity index (χ0v) is 11.0. The summed E-state index contributed by atoms with van der Waals surface area (Å²) in [6.45, 7) is 5.50. The van der Waals surface area contributed by atoms with Gasteiger partial charge in [0.15, 0.2) is 0 Å². The summed E-state index contributed by atoms with van der Waals surface area (Å²) >= 11 is 0. The predicted octanol–water partition coefficient (Wildman–Crippen LogP) is 2.22. The fourth-order valence-corrected chi connectivity index (χ4v) is 1.71. The van der Waals surface area contributed by atoms with E-state index in [4.69, 9.17) is 4.74 Å². The molecule has 1 aromatic carbocycles. The number of carbonyl (C=O) groups is 1. The van der Waals surface area contributed by atoms with Crippen molar-refractivity contribution in [1.82, 2.24) is 5.32 Å². The molecule has 0 aliphatic carbocycles. The Hall–Kier alpha value is -1.42. The van der Waals surface area contributed by atoms with Crippen LogP contribution in [0.2, 0.25) is 0 Å². The second-order valence-corrected chi connectivity index (χ2v) is 4.13. The topological polar surface area (TPSA) is 38.3 Å². The van der Waals surface area contributed by atoms with Gasteiger partial charge in [0.25, 0.3) is 0 Å². The number of halogens is 1. The molecule has 0 atom stereocenters. The molecule has 1 aromatic rings. The summed E-state index contributed by atoms with van der Waals surface area (Å²) in [5, 5.41) is 3.17. The average Bonchev–Trinajstić information content (AvgIpc) is 2.31. The Morgan fingerprint density at radius 2 is 2.17 bits per heavy atom. The third-order valence-electron chi connectivity index (χ3n) is 2.69. The van der Waals surface area contributed by atoms with E-state index in [-0.39, 0.29) is 11.8 Å². The summed E-state index contributed by atoms with van der Waals surface area (Å²) in [7, 11) is 0. The second-order valence-electron chi connectivity index (χ2n) is 4.13. The highest BCUT2D eigenvalue weighted by atomic mass is 19.1. The second kappa shape index (κ2) is 7.82. The molecule has 0 aromatic heterocycles. The first-order valence-corrected chi connectivity index (χ1v) is 6.25. The minimum Gasteiger partial charge on any atom is -0.466 e. The molecule has 0 bridgehead atoms. The highest BCUT2D eigenvalue weighted by Gasteiger charge is 2.02. The molecule has 0 aliphatic rings. The number of benzene rings is 1. The van der Waals surface area contributed by atoms with E-state index in [0.717, 1.165) is 24.1 Å². The van der Waals surface area contributed by atoms with Crippen molar-refractivity contribution in [3.8, 4) is 0 Å². The molecule has 1 N–H and O–H groups in total. The lowest BCUT2D eigenvalue weighted by Gasteiger charge is -2.07. The quantitative estimate of drug-likeness (QED) is 0.598. The summed E-state index contributed by atoms with van der Waals surface area (Å²) in [4.78, 5) is 11.1. The van der Waals surface area contributed by atoms with E-state index in [0.29, 0.717) is 19.6 Å². The van der Waals surface area contributed by atoms with Crippen LogP contribution in [0.4, 0.5) is 4.39 Å². The molecule has 18 heavy (non-hydrogen) atoms. The molecule has 0 amide bonds. The molecule has 0 saturated carbocycles. The van der Waals surface area contributed by atoms with E-state index in [2.05, 4.69) is 5.32 Å². The molecule has 100 valence electrons. The van der Waals surface area contributed by atoms with Crippen LogP contribution in [0, 0.1) is 12.7 Å². The number of rotatable bonds is 7. The Bertz CT molecular complexity index is 393. The van der Waals surface area contributed by atoms with Gasteiger partial charge in [0.2, 0.25) is 0 Å². The van der Waals surface area contributed by atoms with Crippen molar-refractivity contribution in [3.05, 3.63) is 35.1 Å². The number of carbonyl (C=O) groups excluding carboxylic acids is 1. The van der Waals surface area contributed by atoms with Crippen LogP contribution in [-0.4, -0.2) is 25.7 Å². The third-order valence-corrected chi connectivity index (χ3v) is 2.69. The molecule has 3 nitrogen and oxygen atoms in total. The summed E-state index contributed by atoms with van der Waals surface area (Å²) in [5.74, 6) is -0.380. The van der Waals surface area contributed by atoms with E-state index < -0.39 is 0 Å². The van der Waals surface area contributed by atoms with Crippen LogP contribution >= 0.6 is 0 Å². The van der Waals surface area contributed by atoms with Crippen molar-refractivity contribution in [2.75, 3.05) is 19.7 Å². The lowest BCUT2D eigenvalue weighted by molar-refractivity contribution is -0.142. The molecule has 0 spiro atoms. The van der Waals surface area contributed by atoms with Crippen LogP contribution in [0.5, 0.6) is 0 Å². The molecule has 1 rings (SSSR count). The SMILES string of the molecule is CCOC(=O)CCNCCc1ccc(F)cc1C. The van der Waals surface area contributed by atoms with E-state index in [9.17, 15) is 9.18 Å². The molecule has 0 saturated heterocycles. The molecule has 4 heteroatoms. The number of hydrogen-bond donors (Lipinski definition) is 1. The van der Waals surface area contributed by atoms with Crippen molar-refractivity contribution in [2.45, 2.75) is 26.7 Å². The molecule has 0 heterocycles. The van der Waals surface area contributed by atoms with Gasteiger partial charge < -0.3 is 10.1 Å². The van der Waals surface area contributed by atoms with Crippen LogP contribution in [0.1, 0.15) is 24.5 Å². The molecule has 0 radical (unpaired) electrons. The Kier molecular flexibility index (Phi) is 6.36. The van der Waals surface area contributed by atoms with Crippen molar-refractivity contribution in [1.29, 1.82) is 0 Å². The zero-order chi connectivity index (χ0) is 13.4. The zero-order valence-electron chi connectivity index (χ0n) is 11.0. The van der Waals surface area contributed by atoms with E-state index in [1.807, 2.05) is 6.92 Å². The monoisotopic (exact) mass is 253 g/mol. The highest BCUT2D eigenvalue weighted by molar-refractivity contribution is 5.69. The van der Waals surface area contributed by atoms with Crippen molar-refractivity contribution in [2.24, 2.45) is 0 Å². The van der Waals surface area contributed by atoms with Gasteiger partial charge in [-0.1, -0.05) is 6.07 Å². The van der Waals surface area contributed by atoms with E-state index in [1.165, 1.54) is 12.1 Å². The van der Waals surface area contributed by atoms with Gasteiger partial charge in [0.05, 0.1) is 13.0 Å². The van der Waals surface area contributed by atoms with E-state index in [1.54, 1.807) is 13.0 Å². The van der Waals surface area contributed by atoms with E-state index >= 15 is 0 Å². The lowest BCUT2D eigenvalue weighted by atomic mass is 10.1. The average molecular weight is 253 g/mol. The lowest BCUT2D eigenvalue weighted by Crippen LogP contribution is -2.22. The first kappa shape index (κ1) is 14.6. The van der Waals surface area contributed by atoms with Crippen LogP contribution in [0.25, 0.3) is 0 Å². The number of hydrogen-bond acceptors (Lipinski definition) is 3. The summed E-state index contributed by atoms with van der Waals surface area (Å²) in [6.07, 6.45) is 1.21. The minimum atomic E-state index is -0.202. The standard InChI is InChI=1S/C14H20FNO2/c1-3-18-14(17)7-9-16-8-6-12-4-5-13(15)10-11(12)2/h4-5,10,16H,3,6-9H2,1-2H3. The Labute approximate surface area is 107 Å². The van der Waals surface area contributed by atoms with Crippen LogP contribution in [-0.2, 0) is 16.0 Å². The fraction of sp³-hybridized carbons (Fsp3) is 0.500. The van der Waals surface area contributed by atoms with Gasteiger partial charge in [-0.05, 0) is 50.1 Å². The Balaban J connectivity index is 2.20.